The van der Waals surface area contributed by atoms with Crippen molar-refractivity contribution in [2.75, 3.05) is 0 Å². The van der Waals surface area contributed by atoms with E-state index in [2.05, 4.69) is 4.98 Å². The standard InChI is InChI=1S/C13H12ClNO/c14-12-3-1-2-11(9-12)13(16)8-10-4-6-15-7-5-10/h1-7,9,13,16H,8H2. The molecule has 2 nitrogen and oxygen atoms in total. The molecular weight excluding hydrogens is 222 g/mol. The number of benzene rings is 1. The molecule has 1 aromatic carbocycles. The van der Waals surface area contributed by atoms with Gasteiger partial charge in [0, 0.05) is 23.8 Å². The van der Waals surface area contributed by atoms with Gasteiger partial charge in [0.15, 0.2) is 0 Å². The average molecular weight is 234 g/mol. The Bertz CT molecular complexity index is 458. The van der Waals surface area contributed by atoms with Crippen LogP contribution in [0.25, 0.3) is 0 Å². The quantitative estimate of drug-likeness (QED) is 0.884. The molecular formula is C13H12ClNO. The molecule has 0 saturated heterocycles. The number of hydrogen-bond donors (Lipinski definition) is 1. The zero-order chi connectivity index (χ0) is 11.4. The molecule has 0 saturated carbocycles. The van der Waals surface area contributed by atoms with Gasteiger partial charge in [-0.15, -0.1) is 0 Å². The third kappa shape index (κ3) is 2.81. The fourth-order valence-electron chi connectivity index (χ4n) is 1.57. The van der Waals surface area contributed by atoms with Crippen molar-refractivity contribution in [2.45, 2.75) is 12.5 Å². The Morgan fingerprint density at radius 2 is 1.94 bits per heavy atom. The first-order valence-corrected chi connectivity index (χ1v) is 5.46. The molecule has 1 unspecified atom stereocenters. The lowest BCUT2D eigenvalue weighted by Crippen LogP contribution is -2.01. The van der Waals surface area contributed by atoms with Crippen LogP contribution in [0.2, 0.25) is 5.02 Å². The molecule has 0 bridgehead atoms. The number of aromatic nitrogens is 1. The van der Waals surface area contributed by atoms with Crippen LogP contribution in [-0.4, -0.2) is 10.1 Å². The van der Waals surface area contributed by atoms with Crippen molar-refractivity contribution in [3.8, 4) is 0 Å². The van der Waals surface area contributed by atoms with Crippen molar-refractivity contribution in [1.29, 1.82) is 0 Å². The SMILES string of the molecule is OC(Cc1ccncc1)c1cccc(Cl)c1. The molecule has 0 radical (unpaired) electrons. The van der Waals surface area contributed by atoms with E-state index in [0.29, 0.717) is 11.4 Å². The summed E-state index contributed by atoms with van der Waals surface area (Å²) in [7, 11) is 0. The van der Waals surface area contributed by atoms with Crippen LogP contribution in [-0.2, 0) is 6.42 Å². The molecule has 1 atom stereocenters. The number of pyridine rings is 1. The monoisotopic (exact) mass is 233 g/mol. The van der Waals surface area contributed by atoms with Crippen LogP contribution in [0.15, 0.2) is 48.8 Å². The second-order valence-electron chi connectivity index (χ2n) is 3.63. The Balaban J connectivity index is 2.12. The van der Waals surface area contributed by atoms with E-state index in [1.54, 1.807) is 24.5 Å². The zero-order valence-electron chi connectivity index (χ0n) is 8.68. The van der Waals surface area contributed by atoms with Gasteiger partial charge in [0.25, 0.3) is 0 Å². The molecule has 82 valence electrons. The number of nitrogens with zero attached hydrogens (tertiary/aromatic N) is 1. The van der Waals surface area contributed by atoms with Gasteiger partial charge >= 0.3 is 0 Å². The Morgan fingerprint density at radius 3 is 2.62 bits per heavy atom. The van der Waals surface area contributed by atoms with Crippen LogP contribution in [0.5, 0.6) is 0 Å². The highest BCUT2D eigenvalue weighted by atomic mass is 35.5. The van der Waals surface area contributed by atoms with E-state index >= 15 is 0 Å². The first kappa shape index (κ1) is 11.1. The molecule has 2 aromatic rings. The first-order chi connectivity index (χ1) is 7.75. The van der Waals surface area contributed by atoms with Gasteiger partial charge in [0.2, 0.25) is 0 Å². The van der Waals surface area contributed by atoms with E-state index in [9.17, 15) is 5.11 Å². The molecule has 0 amide bonds. The first-order valence-electron chi connectivity index (χ1n) is 5.08. The fraction of sp³-hybridized carbons (Fsp3) is 0.154. The van der Waals surface area contributed by atoms with Crippen LogP contribution in [0.4, 0.5) is 0 Å². The Kier molecular flexibility index (Phi) is 3.54. The lowest BCUT2D eigenvalue weighted by atomic mass is 10.0. The summed E-state index contributed by atoms with van der Waals surface area (Å²) in [5.41, 5.74) is 1.90. The molecule has 0 aliphatic heterocycles. The Labute approximate surface area is 99.5 Å². The van der Waals surface area contributed by atoms with E-state index in [1.807, 2.05) is 24.3 Å². The van der Waals surface area contributed by atoms with E-state index in [-0.39, 0.29) is 0 Å². The predicted octanol–water partition coefficient (Wildman–Crippen LogP) is 3.01. The number of halogens is 1. The number of aliphatic hydroxyl groups is 1. The molecule has 1 N–H and O–H groups in total. The van der Waals surface area contributed by atoms with E-state index in [4.69, 9.17) is 11.6 Å². The van der Waals surface area contributed by atoms with Gasteiger partial charge in [-0.25, -0.2) is 0 Å². The van der Waals surface area contributed by atoms with Crippen LogP contribution in [0.1, 0.15) is 17.2 Å². The minimum absolute atomic E-state index is 0.527. The molecule has 1 heterocycles. The fourth-order valence-corrected chi connectivity index (χ4v) is 1.77. The highest BCUT2D eigenvalue weighted by Gasteiger charge is 2.08. The minimum atomic E-state index is -0.527. The Hall–Kier alpha value is -1.38. The molecule has 0 aliphatic rings. The summed E-state index contributed by atoms with van der Waals surface area (Å²) in [6.45, 7) is 0. The van der Waals surface area contributed by atoms with Gasteiger partial charge < -0.3 is 5.11 Å². The molecule has 1 aromatic heterocycles. The van der Waals surface area contributed by atoms with E-state index in [1.165, 1.54) is 0 Å². The van der Waals surface area contributed by atoms with Crippen molar-refractivity contribution in [3.63, 3.8) is 0 Å². The summed E-state index contributed by atoms with van der Waals surface area (Å²) >= 11 is 5.87. The van der Waals surface area contributed by atoms with Gasteiger partial charge in [-0.3, -0.25) is 4.98 Å². The van der Waals surface area contributed by atoms with Crippen LogP contribution < -0.4 is 0 Å². The van der Waals surface area contributed by atoms with Crippen molar-refractivity contribution in [2.24, 2.45) is 0 Å². The van der Waals surface area contributed by atoms with E-state index < -0.39 is 6.10 Å². The Morgan fingerprint density at radius 1 is 1.19 bits per heavy atom. The third-order valence-electron chi connectivity index (χ3n) is 2.41. The molecule has 3 heteroatoms. The smallest absolute Gasteiger partial charge is 0.0830 e. The number of rotatable bonds is 3. The summed E-state index contributed by atoms with van der Waals surface area (Å²) in [5.74, 6) is 0. The second-order valence-corrected chi connectivity index (χ2v) is 4.07. The highest BCUT2D eigenvalue weighted by molar-refractivity contribution is 6.30. The summed E-state index contributed by atoms with van der Waals surface area (Å²) in [5, 5.41) is 10.7. The zero-order valence-corrected chi connectivity index (χ0v) is 9.43. The van der Waals surface area contributed by atoms with Crippen LogP contribution in [0.3, 0.4) is 0 Å². The third-order valence-corrected chi connectivity index (χ3v) is 2.65. The minimum Gasteiger partial charge on any atom is -0.388 e. The summed E-state index contributed by atoms with van der Waals surface area (Å²) in [6, 6.07) is 11.1. The average Bonchev–Trinajstić information content (AvgIpc) is 2.30. The summed E-state index contributed by atoms with van der Waals surface area (Å²) in [6.07, 6.45) is 3.49. The highest BCUT2D eigenvalue weighted by Crippen LogP contribution is 2.20. The maximum Gasteiger partial charge on any atom is 0.0830 e. The predicted molar refractivity (Wildman–Crippen MR) is 64.4 cm³/mol. The topological polar surface area (TPSA) is 33.1 Å². The van der Waals surface area contributed by atoms with Crippen LogP contribution in [0, 0.1) is 0 Å². The van der Waals surface area contributed by atoms with Gasteiger partial charge in [-0.2, -0.15) is 0 Å². The van der Waals surface area contributed by atoms with Crippen molar-refractivity contribution < 1.29 is 5.11 Å². The van der Waals surface area contributed by atoms with Gasteiger partial charge in [0.1, 0.15) is 0 Å². The summed E-state index contributed by atoms with van der Waals surface area (Å²) in [4.78, 5) is 3.94. The lowest BCUT2D eigenvalue weighted by Gasteiger charge is -2.11. The largest absolute Gasteiger partial charge is 0.388 e. The molecule has 0 spiro atoms. The van der Waals surface area contributed by atoms with Gasteiger partial charge in [-0.1, -0.05) is 23.7 Å². The van der Waals surface area contributed by atoms with Crippen LogP contribution >= 0.6 is 11.6 Å². The maximum atomic E-state index is 10.0. The number of aliphatic hydroxyl groups excluding tert-OH is 1. The maximum absolute atomic E-state index is 10.0. The lowest BCUT2D eigenvalue weighted by molar-refractivity contribution is 0.178. The molecule has 0 fully saturated rings. The van der Waals surface area contributed by atoms with Gasteiger partial charge in [-0.05, 0) is 35.4 Å². The number of hydrogen-bond acceptors (Lipinski definition) is 2. The van der Waals surface area contributed by atoms with E-state index in [0.717, 1.165) is 11.1 Å². The summed E-state index contributed by atoms with van der Waals surface area (Å²) < 4.78 is 0. The van der Waals surface area contributed by atoms with Gasteiger partial charge in [0.05, 0.1) is 6.10 Å². The van der Waals surface area contributed by atoms with Crippen molar-refractivity contribution in [3.05, 3.63) is 64.9 Å². The molecule has 0 aliphatic carbocycles. The van der Waals surface area contributed by atoms with Crippen molar-refractivity contribution >= 4 is 11.6 Å². The normalized spacial score (nSPS) is 12.4. The van der Waals surface area contributed by atoms with Crippen molar-refractivity contribution in [1.82, 2.24) is 4.98 Å². The second kappa shape index (κ2) is 5.10. The molecule has 16 heavy (non-hydrogen) atoms. The molecule has 2 rings (SSSR count).